The number of nitrogens with one attached hydrogen (secondary N) is 3. The Kier molecular flexibility index (Phi) is 5.68. The van der Waals surface area contributed by atoms with Crippen LogP contribution in [0, 0.1) is 5.92 Å². The number of rotatable bonds is 6. The predicted molar refractivity (Wildman–Crippen MR) is 108 cm³/mol. The highest BCUT2D eigenvalue weighted by atomic mass is 16.2. The van der Waals surface area contributed by atoms with Crippen LogP contribution < -0.4 is 10.6 Å². The van der Waals surface area contributed by atoms with E-state index in [0.29, 0.717) is 18.8 Å². The fraction of sp³-hybridized carbons (Fsp3) is 0.455. The maximum absolute atomic E-state index is 12.5. The first-order valence-electron chi connectivity index (χ1n) is 9.66. The number of allylic oxidation sites excluding steroid dienone is 2. The van der Waals surface area contributed by atoms with Crippen LogP contribution in [0.2, 0.25) is 0 Å². The van der Waals surface area contributed by atoms with Gasteiger partial charge in [0, 0.05) is 23.5 Å². The molecule has 2 amide bonds. The summed E-state index contributed by atoms with van der Waals surface area (Å²) in [6.07, 6.45) is 6.18. The number of piperazine rings is 1. The number of carbonyl (C=O) groups is 2. The largest absolute Gasteiger partial charge is 0.361 e. The van der Waals surface area contributed by atoms with Gasteiger partial charge in [-0.3, -0.25) is 9.59 Å². The summed E-state index contributed by atoms with van der Waals surface area (Å²) >= 11 is 0. The second-order valence-electron chi connectivity index (χ2n) is 8.14. The van der Waals surface area contributed by atoms with E-state index >= 15 is 0 Å². The van der Waals surface area contributed by atoms with Crippen molar-refractivity contribution in [3.63, 3.8) is 0 Å². The van der Waals surface area contributed by atoms with E-state index in [-0.39, 0.29) is 11.8 Å². The van der Waals surface area contributed by atoms with Gasteiger partial charge in [0.25, 0.3) is 0 Å². The molecule has 0 spiro atoms. The van der Waals surface area contributed by atoms with Gasteiger partial charge in [-0.05, 0) is 55.9 Å². The molecule has 1 aromatic carbocycles. The topological polar surface area (TPSA) is 74.0 Å². The normalized spacial score (nSPS) is 19.9. The molecule has 5 nitrogen and oxygen atoms in total. The van der Waals surface area contributed by atoms with Gasteiger partial charge >= 0.3 is 0 Å². The molecule has 2 heterocycles. The molecule has 3 rings (SSSR count). The number of carbonyl (C=O) groups excluding carboxylic acids is 2. The molecular formula is C22H29N3O2. The minimum absolute atomic E-state index is 0.0858. The first-order valence-corrected chi connectivity index (χ1v) is 9.66. The Morgan fingerprint density at radius 1 is 1.11 bits per heavy atom. The summed E-state index contributed by atoms with van der Waals surface area (Å²) in [6, 6.07) is 5.41. The quantitative estimate of drug-likeness (QED) is 0.686. The Morgan fingerprint density at radius 2 is 1.81 bits per heavy atom. The van der Waals surface area contributed by atoms with Gasteiger partial charge in [0.1, 0.15) is 12.1 Å². The molecule has 0 aliphatic carbocycles. The zero-order valence-electron chi connectivity index (χ0n) is 16.6. The lowest BCUT2D eigenvalue weighted by Gasteiger charge is -2.30. The lowest BCUT2D eigenvalue weighted by Crippen LogP contribution is -2.62. The summed E-state index contributed by atoms with van der Waals surface area (Å²) in [5.41, 5.74) is 4.62. The average Bonchev–Trinajstić information content (AvgIpc) is 2.99. The Balaban J connectivity index is 1.76. The molecule has 1 fully saturated rings. The van der Waals surface area contributed by atoms with E-state index in [1.54, 1.807) is 0 Å². The van der Waals surface area contributed by atoms with Crippen molar-refractivity contribution < 1.29 is 9.59 Å². The van der Waals surface area contributed by atoms with E-state index < -0.39 is 12.1 Å². The molecule has 2 aromatic rings. The number of H-pyrrole nitrogens is 1. The van der Waals surface area contributed by atoms with Crippen LogP contribution in [-0.4, -0.2) is 28.9 Å². The molecule has 1 aromatic heterocycles. The molecule has 5 heteroatoms. The van der Waals surface area contributed by atoms with Crippen LogP contribution in [-0.2, 0) is 22.4 Å². The summed E-state index contributed by atoms with van der Waals surface area (Å²) in [5.74, 6) is 0.165. The highest BCUT2D eigenvalue weighted by molar-refractivity contribution is 5.97. The number of benzene rings is 1. The van der Waals surface area contributed by atoms with Gasteiger partial charge < -0.3 is 15.6 Å². The van der Waals surface area contributed by atoms with E-state index in [1.807, 2.05) is 20.0 Å². The Hall–Kier alpha value is -2.56. The monoisotopic (exact) mass is 367 g/mol. The Labute approximate surface area is 160 Å². The molecular weight excluding hydrogens is 338 g/mol. The van der Waals surface area contributed by atoms with E-state index in [0.717, 1.165) is 22.9 Å². The van der Waals surface area contributed by atoms with Crippen molar-refractivity contribution in [2.75, 3.05) is 0 Å². The summed E-state index contributed by atoms with van der Waals surface area (Å²) in [6.45, 7) is 8.28. The van der Waals surface area contributed by atoms with Gasteiger partial charge in [-0.1, -0.05) is 31.6 Å². The third-order valence-corrected chi connectivity index (χ3v) is 4.97. The van der Waals surface area contributed by atoms with Crippen molar-refractivity contribution >= 4 is 22.7 Å². The fourth-order valence-electron chi connectivity index (χ4n) is 3.52. The third kappa shape index (κ3) is 4.59. The van der Waals surface area contributed by atoms with Crippen LogP contribution in [0.1, 0.15) is 45.2 Å². The molecule has 0 bridgehead atoms. The van der Waals surface area contributed by atoms with Gasteiger partial charge in [-0.15, -0.1) is 0 Å². The second-order valence-corrected chi connectivity index (χ2v) is 8.14. The molecule has 1 saturated heterocycles. The van der Waals surface area contributed by atoms with Gasteiger partial charge in [-0.25, -0.2) is 0 Å². The minimum atomic E-state index is -0.527. The summed E-state index contributed by atoms with van der Waals surface area (Å²) in [7, 11) is 0. The number of aromatic amines is 1. The number of amides is 2. The van der Waals surface area contributed by atoms with Crippen molar-refractivity contribution in [2.45, 2.75) is 59.0 Å². The number of aromatic nitrogens is 1. The van der Waals surface area contributed by atoms with Crippen LogP contribution in [0.5, 0.6) is 0 Å². The zero-order chi connectivity index (χ0) is 19.6. The second kappa shape index (κ2) is 7.99. The van der Waals surface area contributed by atoms with E-state index in [1.165, 1.54) is 11.1 Å². The summed E-state index contributed by atoms with van der Waals surface area (Å²) in [5, 5.41) is 6.90. The molecule has 0 saturated carbocycles. The predicted octanol–water partition coefficient (Wildman–Crippen LogP) is 3.25. The van der Waals surface area contributed by atoms with Gasteiger partial charge in [0.05, 0.1) is 0 Å². The SMILES string of the molecule is CC(C)=CCc1ccc2[nH]cc(C[C@@H]3NC(=O)[C@H](CC(C)C)NC3=O)c2c1. The van der Waals surface area contributed by atoms with E-state index in [9.17, 15) is 9.59 Å². The molecule has 3 N–H and O–H groups in total. The standard InChI is InChI=1S/C22H29N3O2/c1-13(2)5-6-15-7-8-18-17(10-15)16(12-23-18)11-20-22(27)24-19(9-14(3)4)21(26)25-20/h5,7-8,10,12,14,19-20,23H,6,9,11H2,1-4H3,(H,24,27)(H,25,26)/t19-,20-/m0/s1. The molecule has 1 aliphatic heterocycles. The first kappa shape index (κ1) is 19.2. The van der Waals surface area contributed by atoms with Gasteiger partial charge in [-0.2, -0.15) is 0 Å². The van der Waals surface area contributed by atoms with Crippen LogP contribution in [0.4, 0.5) is 0 Å². The summed E-state index contributed by atoms with van der Waals surface area (Å²) < 4.78 is 0. The number of fused-ring (bicyclic) bond motifs is 1. The van der Waals surface area contributed by atoms with Crippen molar-refractivity contribution in [2.24, 2.45) is 5.92 Å². The molecule has 0 unspecified atom stereocenters. The third-order valence-electron chi connectivity index (χ3n) is 4.97. The van der Waals surface area contributed by atoms with Crippen LogP contribution in [0.25, 0.3) is 10.9 Å². The first-order chi connectivity index (χ1) is 12.8. The lowest BCUT2D eigenvalue weighted by atomic mass is 9.97. The van der Waals surface area contributed by atoms with Gasteiger partial charge in [0.15, 0.2) is 0 Å². The van der Waals surface area contributed by atoms with Crippen LogP contribution in [0.15, 0.2) is 36.0 Å². The fourth-order valence-corrected chi connectivity index (χ4v) is 3.52. The maximum Gasteiger partial charge on any atom is 0.243 e. The molecule has 2 atom stereocenters. The smallest absolute Gasteiger partial charge is 0.243 e. The number of hydrogen-bond acceptors (Lipinski definition) is 2. The van der Waals surface area contributed by atoms with Crippen LogP contribution >= 0.6 is 0 Å². The van der Waals surface area contributed by atoms with Crippen molar-refractivity contribution in [3.05, 3.63) is 47.2 Å². The minimum Gasteiger partial charge on any atom is -0.361 e. The highest BCUT2D eigenvalue weighted by Crippen LogP contribution is 2.23. The highest BCUT2D eigenvalue weighted by Gasteiger charge is 2.34. The number of hydrogen-bond donors (Lipinski definition) is 3. The average molecular weight is 367 g/mol. The van der Waals surface area contributed by atoms with Gasteiger partial charge in [0.2, 0.25) is 11.8 Å². The Bertz CT molecular complexity index is 875. The summed E-state index contributed by atoms with van der Waals surface area (Å²) in [4.78, 5) is 28.1. The Morgan fingerprint density at radius 3 is 2.52 bits per heavy atom. The lowest BCUT2D eigenvalue weighted by molar-refractivity contribution is -0.137. The zero-order valence-corrected chi connectivity index (χ0v) is 16.6. The molecule has 1 aliphatic rings. The van der Waals surface area contributed by atoms with E-state index in [2.05, 4.69) is 53.7 Å². The molecule has 27 heavy (non-hydrogen) atoms. The maximum atomic E-state index is 12.5. The molecule has 0 radical (unpaired) electrons. The van der Waals surface area contributed by atoms with E-state index in [4.69, 9.17) is 0 Å². The van der Waals surface area contributed by atoms with Crippen molar-refractivity contribution in [1.29, 1.82) is 0 Å². The molecule has 144 valence electrons. The van der Waals surface area contributed by atoms with Crippen molar-refractivity contribution in [1.82, 2.24) is 15.6 Å². The van der Waals surface area contributed by atoms with Crippen LogP contribution in [0.3, 0.4) is 0 Å². The van der Waals surface area contributed by atoms with Crippen molar-refractivity contribution in [3.8, 4) is 0 Å².